The first kappa shape index (κ1) is 17.7. The number of halogens is 2. The molecule has 0 aliphatic heterocycles. The molecule has 0 aliphatic carbocycles. The van der Waals surface area contributed by atoms with Gasteiger partial charge in [0.1, 0.15) is 16.4 Å². The highest BCUT2D eigenvalue weighted by Crippen LogP contribution is 2.39. The van der Waals surface area contributed by atoms with E-state index in [1.165, 1.54) is 6.07 Å². The molecule has 0 amide bonds. The van der Waals surface area contributed by atoms with E-state index in [1.807, 2.05) is 19.1 Å². The third kappa shape index (κ3) is 4.10. The van der Waals surface area contributed by atoms with Crippen molar-refractivity contribution in [2.45, 2.75) is 32.8 Å². The Balaban J connectivity index is 1.82. The number of hydrogen-bond donors (Lipinski definition) is 0. The number of fused-ring (bicyclic) bond motifs is 1. The SMILES string of the molecule is CCCc1ccc(OC(F)(F)c2cc3ccc(OCC)cc3s2)cc1. The minimum absolute atomic E-state index is 0.117. The predicted molar refractivity (Wildman–Crippen MR) is 98.0 cm³/mol. The van der Waals surface area contributed by atoms with Crippen molar-refractivity contribution in [3.8, 4) is 11.5 Å². The zero-order valence-electron chi connectivity index (χ0n) is 14.2. The average molecular weight is 362 g/mol. The van der Waals surface area contributed by atoms with Crippen LogP contribution in [-0.4, -0.2) is 6.61 Å². The maximum absolute atomic E-state index is 14.5. The lowest BCUT2D eigenvalue weighted by Gasteiger charge is -2.16. The van der Waals surface area contributed by atoms with Crippen molar-refractivity contribution in [3.63, 3.8) is 0 Å². The van der Waals surface area contributed by atoms with Crippen LogP contribution in [0.3, 0.4) is 0 Å². The molecule has 0 bridgehead atoms. The number of thiophene rings is 1. The van der Waals surface area contributed by atoms with E-state index in [9.17, 15) is 8.78 Å². The van der Waals surface area contributed by atoms with Gasteiger partial charge in [0.25, 0.3) is 0 Å². The van der Waals surface area contributed by atoms with Gasteiger partial charge in [-0.05, 0) is 60.7 Å². The van der Waals surface area contributed by atoms with E-state index in [0.717, 1.165) is 39.8 Å². The van der Waals surface area contributed by atoms with Gasteiger partial charge < -0.3 is 9.47 Å². The molecule has 2 aromatic carbocycles. The van der Waals surface area contributed by atoms with Crippen molar-refractivity contribution < 1.29 is 18.3 Å². The molecule has 0 saturated carbocycles. The van der Waals surface area contributed by atoms with Crippen molar-refractivity contribution in [1.82, 2.24) is 0 Å². The fourth-order valence-corrected chi connectivity index (χ4v) is 3.63. The Kier molecular flexibility index (Phi) is 5.23. The third-order valence-corrected chi connectivity index (χ3v) is 4.95. The van der Waals surface area contributed by atoms with Gasteiger partial charge in [0.2, 0.25) is 0 Å². The van der Waals surface area contributed by atoms with Crippen LogP contribution in [0.1, 0.15) is 30.7 Å². The van der Waals surface area contributed by atoms with Gasteiger partial charge in [0, 0.05) is 4.70 Å². The lowest BCUT2D eigenvalue weighted by atomic mass is 10.1. The van der Waals surface area contributed by atoms with Crippen LogP contribution in [0.2, 0.25) is 0 Å². The van der Waals surface area contributed by atoms with Gasteiger partial charge in [-0.3, -0.25) is 0 Å². The summed E-state index contributed by atoms with van der Waals surface area (Å²) in [5.41, 5.74) is 1.11. The summed E-state index contributed by atoms with van der Waals surface area (Å²) in [6.07, 6.45) is -1.43. The predicted octanol–water partition coefficient (Wildman–Crippen LogP) is 6.38. The molecule has 25 heavy (non-hydrogen) atoms. The summed E-state index contributed by atoms with van der Waals surface area (Å²) in [5.74, 6) is 0.844. The molecular formula is C20H20F2O2S. The molecule has 0 saturated heterocycles. The van der Waals surface area contributed by atoms with Gasteiger partial charge in [-0.2, -0.15) is 8.78 Å². The molecule has 0 fully saturated rings. The Morgan fingerprint density at radius 1 is 0.960 bits per heavy atom. The van der Waals surface area contributed by atoms with Crippen LogP contribution in [0.25, 0.3) is 10.1 Å². The van der Waals surface area contributed by atoms with Gasteiger partial charge in [0.15, 0.2) is 0 Å². The third-order valence-electron chi connectivity index (χ3n) is 3.80. The average Bonchev–Trinajstić information content (AvgIpc) is 3.01. The highest BCUT2D eigenvalue weighted by molar-refractivity contribution is 7.19. The quantitative estimate of drug-likeness (QED) is 0.485. The maximum Gasteiger partial charge on any atom is 0.436 e. The summed E-state index contributed by atoms with van der Waals surface area (Å²) < 4.78 is 40.2. The Bertz CT molecular complexity index is 841. The normalized spacial score (nSPS) is 11.7. The van der Waals surface area contributed by atoms with E-state index >= 15 is 0 Å². The number of ether oxygens (including phenoxy) is 2. The smallest absolute Gasteiger partial charge is 0.436 e. The summed E-state index contributed by atoms with van der Waals surface area (Å²) in [6, 6.07) is 13.7. The molecule has 1 heterocycles. The highest BCUT2D eigenvalue weighted by Gasteiger charge is 2.36. The molecule has 2 nitrogen and oxygen atoms in total. The van der Waals surface area contributed by atoms with Gasteiger partial charge in [-0.15, -0.1) is 11.3 Å². The van der Waals surface area contributed by atoms with Gasteiger partial charge in [-0.1, -0.05) is 25.5 Å². The largest absolute Gasteiger partial charge is 0.494 e. The Morgan fingerprint density at radius 3 is 2.36 bits per heavy atom. The molecule has 0 aliphatic rings. The van der Waals surface area contributed by atoms with Gasteiger partial charge in [-0.25, -0.2) is 0 Å². The molecule has 3 aromatic rings. The van der Waals surface area contributed by atoms with Crippen LogP contribution < -0.4 is 9.47 Å². The first-order valence-corrected chi connectivity index (χ1v) is 9.16. The van der Waals surface area contributed by atoms with E-state index < -0.39 is 6.11 Å². The molecule has 0 unspecified atom stereocenters. The fraction of sp³-hybridized carbons (Fsp3) is 0.300. The van der Waals surface area contributed by atoms with Crippen LogP contribution in [0, 0.1) is 0 Å². The van der Waals surface area contributed by atoms with Crippen LogP contribution in [0.5, 0.6) is 11.5 Å². The zero-order chi connectivity index (χ0) is 17.9. The lowest BCUT2D eigenvalue weighted by molar-refractivity contribution is -0.182. The number of rotatable bonds is 7. The molecule has 5 heteroatoms. The van der Waals surface area contributed by atoms with E-state index in [0.29, 0.717) is 12.4 Å². The number of benzene rings is 2. The molecule has 0 spiro atoms. The fourth-order valence-electron chi connectivity index (χ4n) is 2.62. The first-order valence-electron chi connectivity index (χ1n) is 8.34. The summed E-state index contributed by atoms with van der Waals surface area (Å²) in [5, 5.41) is 0.755. The van der Waals surface area contributed by atoms with Crippen molar-refractivity contribution >= 4 is 21.4 Å². The lowest BCUT2D eigenvalue weighted by Crippen LogP contribution is -2.20. The maximum atomic E-state index is 14.5. The Hall–Kier alpha value is -2.14. The highest BCUT2D eigenvalue weighted by atomic mass is 32.1. The second kappa shape index (κ2) is 7.40. The van der Waals surface area contributed by atoms with E-state index in [4.69, 9.17) is 9.47 Å². The number of hydrogen-bond acceptors (Lipinski definition) is 3. The van der Waals surface area contributed by atoms with Crippen molar-refractivity contribution in [3.05, 3.63) is 59.0 Å². The van der Waals surface area contributed by atoms with Crippen LogP contribution in [0.15, 0.2) is 48.5 Å². The summed E-state index contributed by atoms with van der Waals surface area (Å²) in [6.45, 7) is 4.51. The van der Waals surface area contributed by atoms with Crippen LogP contribution >= 0.6 is 11.3 Å². The van der Waals surface area contributed by atoms with Crippen molar-refractivity contribution in [2.75, 3.05) is 6.61 Å². The molecule has 132 valence electrons. The molecule has 0 N–H and O–H groups in total. The second-order valence-corrected chi connectivity index (χ2v) is 6.84. The minimum atomic E-state index is -3.37. The Labute approximate surface area is 150 Å². The van der Waals surface area contributed by atoms with Gasteiger partial charge >= 0.3 is 6.11 Å². The molecule has 3 rings (SSSR count). The Morgan fingerprint density at radius 2 is 1.68 bits per heavy atom. The van der Waals surface area contributed by atoms with Gasteiger partial charge in [0.05, 0.1) is 6.61 Å². The summed E-state index contributed by atoms with van der Waals surface area (Å²) in [7, 11) is 0. The first-order chi connectivity index (χ1) is 12.0. The van der Waals surface area contributed by atoms with Crippen molar-refractivity contribution in [1.29, 1.82) is 0 Å². The zero-order valence-corrected chi connectivity index (χ0v) is 15.0. The monoisotopic (exact) mass is 362 g/mol. The van der Waals surface area contributed by atoms with E-state index in [2.05, 4.69) is 6.92 Å². The molecular weight excluding hydrogens is 342 g/mol. The standard InChI is InChI=1S/C20H20F2O2S/c1-3-5-14-6-9-16(10-7-14)24-20(21,22)19-12-15-8-11-17(23-4-2)13-18(15)25-19/h6-13H,3-5H2,1-2H3. The van der Waals surface area contributed by atoms with Crippen LogP contribution in [0.4, 0.5) is 8.78 Å². The summed E-state index contributed by atoms with van der Waals surface area (Å²) >= 11 is 1.02. The minimum Gasteiger partial charge on any atom is -0.494 e. The number of aryl methyl sites for hydroxylation is 1. The molecule has 0 radical (unpaired) electrons. The van der Waals surface area contributed by atoms with E-state index in [-0.39, 0.29) is 10.6 Å². The summed E-state index contributed by atoms with van der Waals surface area (Å²) in [4.78, 5) is -0.117. The number of alkyl halides is 2. The molecule has 0 atom stereocenters. The topological polar surface area (TPSA) is 18.5 Å². The van der Waals surface area contributed by atoms with Crippen molar-refractivity contribution in [2.24, 2.45) is 0 Å². The second-order valence-electron chi connectivity index (χ2n) is 5.76. The molecule has 1 aromatic heterocycles. The van der Waals surface area contributed by atoms with E-state index in [1.54, 1.807) is 30.3 Å². The van der Waals surface area contributed by atoms with Crippen LogP contribution in [-0.2, 0) is 12.5 Å².